The summed E-state index contributed by atoms with van der Waals surface area (Å²) < 4.78 is 1.29. The van der Waals surface area contributed by atoms with Gasteiger partial charge in [0.15, 0.2) is 5.65 Å². The summed E-state index contributed by atoms with van der Waals surface area (Å²) in [4.78, 5) is 26.2. The quantitative estimate of drug-likeness (QED) is 0.739. The summed E-state index contributed by atoms with van der Waals surface area (Å²) in [6.45, 7) is 3.16. The molecule has 0 aliphatic carbocycles. The maximum absolute atomic E-state index is 11.3. The van der Waals surface area contributed by atoms with Crippen LogP contribution in [0.2, 0.25) is 0 Å². The first kappa shape index (κ1) is 10.3. The monoisotopic (exact) mass is 222 g/mol. The second-order valence-corrected chi connectivity index (χ2v) is 3.51. The third kappa shape index (κ3) is 1.46. The van der Waals surface area contributed by atoms with Gasteiger partial charge < -0.3 is 5.11 Å². The number of carboxylic acids is 1. The van der Waals surface area contributed by atoms with Crippen LogP contribution in [0.1, 0.15) is 24.4 Å². The van der Waals surface area contributed by atoms with Crippen molar-refractivity contribution in [3.63, 3.8) is 0 Å². The molecule has 1 unspecified atom stereocenters. The lowest BCUT2D eigenvalue weighted by Gasteiger charge is -2.06. The molecular weight excluding hydrogens is 212 g/mol. The Morgan fingerprint density at radius 3 is 2.94 bits per heavy atom. The van der Waals surface area contributed by atoms with E-state index in [-0.39, 0.29) is 5.69 Å². The van der Waals surface area contributed by atoms with Crippen molar-refractivity contribution in [3.8, 4) is 0 Å². The smallest absolute Gasteiger partial charge is 0.349 e. The van der Waals surface area contributed by atoms with E-state index >= 15 is 0 Å². The average molecular weight is 222 g/mol. The Hall–Kier alpha value is -2.18. The van der Waals surface area contributed by atoms with Gasteiger partial charge in [0.2, 0.25) is 0 Å². The molecule has 7 heteroatoms. The normalized spacial score (nSPS) is 12.9. The molecule has 2 rings (SSSR count). The molecule has 84 valence electrons. The molecule has 0 spiro atoms. The van der Waals surface area contributed by atoms with Gasteiger partial charge in [-0.1, -0.05) is 0 Å². The summed E-state index contributed by atoms with van der Waals surface area (Å²) >= 11 is 0. The molecule has 0 fully saturated rings. The largest absolute Gasteiger partial charge is 0.481 e. The van der Waals surface area contributed by atoms with E-state index in [0.717, 1.165) is 0 Å². The minimum atomic E-state index is -0.964. The molecule has 2 aromatic heterocycles. The van der Waals surface area contributed by atoms with Crippen LogP contribution in [-0.2, 0) is 4.79 Å². The summed E-state index contributed by atoms with van der Waals surface area (Å²) in [6, 6.07) is 1.49. The number of hydrogen-bond donors (Lipinski definition) is 2. The van der Waals surface area contributed by atoms with E-state index in [9.17, 15) is 9.59 Å². The first-order valence-corrected chi connectivity index (χ1v) is 4.68. The van der Waals surface area contributed by atoms with Gasteiger partial charge in [-0.3, -0.25) is 4.79 Å². The van der Waals surface area contributed by atoms with Gasteiger partial charge in [0.1, 0.15) is 5.82 Å². The lowest BCUT2D eigenvalue weighted by atomic mass is 10.1. The zero-order valence-corrected chi connectivity index (χ0v) is 8.76. The Balaban J connectivity index is 2.67. The molecule has 0 aromatic carbocycles. The van der Waals surface area contributed by atoms with Crippen LogP contribution in [-0.4, -0.2) is 30.7 Å². The standard InChI is InChI=1S/C9H10N4O3/c1-4(8(14)15)6-3-7-11-12-9(16)13(7)5(2)10-6/h3-4H,1-2H3,(H,12,16)(H,14,15). The van der Waals surface area contributed by atoms with Crippen LogP contribution >= 0.6 is 0 Å². The Bertz CT molecular complexity index is 613. The van der Waals surface area contributed by atoms with E-state index in [2.05, 4.69) is 15.2 Å². The van der Waals surface area contributed by atoms with Crippen LogP contribution < -0.4 is 5.69 Å². The summed E-state index contributed by atoms with van der Waals surface area (Å²) in [5.41, 5.74) is 0.381. The first-order valence-electron chi connectivity index (χ1n) is 4.68. The lowest BCUT2D eigenvalue weighted by molar-refractivity contribution is -0.138. The molecule has 1 atom stereocenters. The Morgan fingerprint density at radius 1 is 1.62 bits per heavy atom. The minimum Gasteiger partial charge on any atom is -0.481 e. The molecule has 16 heavy (non-hydrogen) atoms. The number of carboxylic acid groups (broad SMARTS) is 1. The van der Waals surface area contributed by atoms with Crippen molar-refractivity contribution in [2.75, 3.05) is 0 Å². The van der Waals surface area contributed by atoms with E-state index in [1.165, 1.54) is 17.4 Å². The van der Waals surface area contributed by atoms with Crippen molar-refractivity contribution < 1.29 is 9.90 Å². The van der Waals surface area contributed by atoms with Gasteiger partial charge in [0.25, 0.3) is 0 Å². The number of rotatable bonds is 2. The number of aliphatic carboxylic acids is 1. The highest BCUT2D eigenvalue weighted by atomic mass is 16.4. The topological polar surface area (TPSA) is 100 Å². The molecule has 2 aromatic rings. The number of nitrogens with zero attached hydrogens (tertiary/aromatic N) is 3. The Labute approximate surface area is 89.8 Å². The molecule has 7 nitrogen and oxygen atoms in total. The maximum Gasteiger partial charge on any atom is 0.349 e. The van der Waals surface area contributed by atoms with Crippen molar-refractivity contribution in [2.45, 2.75) is 19.8 Å². The van der Waals surface area contributed by atoms with E-state index in [0.29, 0.717) is 17.2 Å². The highest BCUT2D eigenvalue weighted by Gasteiger charge is 2.17. The first-order chi connectivity index (χ1) is 7.50. The number of aromatic amines is 1. The Morgan fingerprint density at radius 2 is 2.31 bits per heavy atom. The summed E-state index contributed by atoms with van der Waals surface area (Å²) in [7, 11) is 0. The van der Waals surface area contributed by atoms with E-state index in [1.54, 1.807) is 6.92 Å². The highest BCUT2D eigenvalue weighted by molar-refractivity contribution is 5.75. The van der Waals surface area contributed by atoms with Crippen LogP contribution in [0.25, 0.3) is 5.65 Å². The summed E-state index contributed by atoms with van der Waals surface area (Å²) in [5.74, 6) is -1.27. The number of H-pyrrole nitrogens is 1. The van der Waals surface area contributed by atoms with E-state index in [1.807, 2.05) is 0 Å². The molecule has 2 N–H and O–H groups in total. The van der Waals surface area contributed by atoms with Crippen molar-refractivity contribution in [3.05, 3.63) is 28.1 Å². The molecule has 2 heterocycles. The molecule has 0 radical (unpaired) electrons. The fourth-order valence-electron chi connectivity index (χ4n) is 1.47. The van der Waals surface area contributed by atoms with Crippen LogP contribution in [0.5, 0.6) is 0 Å². The third-order valence-corrected chi connectivity index (χ3v) is 2.40. The number of aryl methyl sites for hydroxylation is 1. The SMILES string of the molecule is Cc1nc(C(C)C(=O)O)cc2n[nH]c(=O)n12. The second-order valence-electron chi connectivity index (χ2n) is 3.51. The number of aromatic nitrogens is 4. The fraction of sp³-hybridized carbons (Fsp3) is 0.333. The predicted molar refractivity (Wildman–Crippen MR) is 54.4 cm³/mol. The van der Waals surface area contributed by atoms with Gasteiger partial charge in [-0.25, -0.2) is 19.3 Å². The Kier molecular flexibility index (Phi) is 2.22. The van der Waals surface area contributed by atoms with Gasteiger partial charge >= 0.3 is 11.7 Å². The summed E-state index contributed by atoms with van der Waals surface area (Å²) in [5, 5.41) is 14.9. The lowest BCUT2D eigenvalue weighted by Crippen LogP contribution is -2.16. The average Bonchev–Trinajstić information content (AvgIpc) is 2.59. The molecule has 0 saturated carbocycles. The predicted octanol–water partition coefficient (Wildman–Crippen LogP) is -0.0859. The molecule has 0 amide bonds. The van der Waals surface area contributed by atoms with Crippen molar-refractivity contribution >= 4 is 11.6 Å². The molecule has 0 aliphatic rings. The van der Waals surface area contributed by atoms with E-state index < -0.39 is 11.9 Å². The number of fused-ring (bicyclic) bond motifs is 1. The van der Waals surface area contributed by atoms with Gasteiger partial charge in [-0.05, 0) is 13.8 Å². The molecule has 0 aliphatic heterocycles. The maximum atomic E-state index is 11.3. The van der Waals surface area contributed by atoms with Crippen molar-refractivity contribution in [1.29, 1.82) is 0 Å². The van der Waals surface area contributed by atoms with Gasteiger partial charge in [0.05, 0.1) is 11.6 Å². The molecule has 0 bridgehead atoms. The highest BCUT2D eigenvalue weighted by Crippen LogP contribution is 2.14. The van der Waals surface area contributed by atoms with E-state index in [4.69, 9.17) is 5.11 Å². The fourth-order valence-corrected chi connectivity index (χ4v) is 1.47. The van der Waals surface area contributed by atoms with Crippen LogP contribution in [0, 0.1) is 6.92 Å². The zero-order valence-electron chi connectivity index (χ0n) is 8.76. The number of carbonyl (C=O) groups is 1. The zero-order chi connectivity index (χ0) is 11.9. The number of nitrogens with one attached hydrogen (secondary N) is 1. The van der Waals surface area contributed by atoms with Crippen molar-refractivity contribution in [2.24, 2.45) is 0 Å². The van der Waals surface area contributed by atoms with Gasteiger partial charge in [-0.2, -0.15) is 5.10 Å². The molecule has 0 saturated heterocycles. The second kappa shape index (κ2) is 3.44. The van der Waals surface area contributed by atoms with Crippen LogP contribution in [0.15, 0.2) is 10.9 Å². The van der Waals surface area contributed by atoms with Gasteiger partial charge in [0, 0.05) is 6.07 Å². The van der Waals surface area contributed by atoms with Gasteiger partial charge in [-0.15, -0.1) is 0 Å². The molecular formula is C9H10N4O3. The van der Waals surface area contributed by atoms with Crippen LogP contribution in [0.3, 0.4) is 0 Å². The third-order valence-electron chi connectivity index (χ3n) is 2.40. The number of hydrogen-bond acceptors (Lipinski definition) is 4. The van der Waals surface area contributed by atoms with Crippen molar-refractivity contribution in [1.82, 2.24) is 19.6 Å². The van der Waals surface area contributed by atoms with Crippen LogP contribution in [0.4, 0.5) is 0 Å². The minimum absolute atomic E-state index is 0.376. The summed E-state index contributed by atoms with van der Waals surface area (Å²) in [6.07, 6.45) is 0.